The number of fused-ring (bicyclic) bond motifs is 1. The van der Waals surface area contributed by atoms with Crippen LogP contribution < -0.4 is 5.32 Å². The summed E-state index contributed by atoms with van der Waals surface area (Å²) in [6.07, 6.45) is 1.77. The zero-order valence-electron chi connectivity index (χ0n) is 10.5. The van der Waals surface area contributed by atoms with Crippen molar-refractivity contribution < 1.29 is 14.3 Å². The van der Waals surface area contributed by atoms with Gasteiger partial charge in [0.15, 0.2) is 0 Å². The molecule has 0 saturated carbocycles. The number of carboxylic acids is 1. The van der Waals surface area contributed by atoms with Crippen LogP contribution in [-0.4, -0.2) is 22.2 Å². The number of aromatic nitrogens is 1. The Morgan fingerprint density at radius 1 is 1.45 bits per heavy atom. The lowest BCUT2D eigenvalue weighted by atomic mass is 10.0. The number of aromatic carboxylic acids is 1. The maximum atomic E-state index is 13.6. The van der Waals surface area contributed by atoms with Gasteiger partial charge in [-0.3, -0.25) is 0 Å². The van der Waals surface area contributed by atoms with Gasteiger partial charge in [0.25, 0.3) is 0 Å². The minimum absolute atomic E-state index is 0.0243. The SMILES string of the molecule is O=C(O)c1c(-c2ccc(Cl)c(F)c2)cn2c1CNCC2. The molecule has 2 N–H and O–H groups in total. The average molecular weight is 295 g/mol. The number of rotatable bonds is 2. The number of halogens is 2. The van der Waals surface area contributed by atoms with Crippen molar-refractivity contribution >= 4 is 17.6 Å². The third-order valence-corrected chi connectivity index (χ3v) is 3.76. The molecule has 1 aromatic carbocycles. The van der Waals surface area contributed by atoms with Gasteiger partial charge in [0, 0.05) is 37.1 Å². The van der Waals surface area contributed by atoms with Gasteiger partial charge < -0.3 is 15.0 Å². The maximum Gasteiger partial charge on any atom is 0.338 e. The van der Waals surface area contributed by atoms with Gasteiger partial charge in [0.05, 0.1) is 10.6 Å². The summed E-state index contributed by atoms with van der Waals surface area (Å²) in [6, 6.07) is 4.34. The van der Waals surface area contributed by atoms with Crippen LogP contribution in [0.1, 0.15) is 16.1 Å². The Morgan fingerprint density at radius 3 is 2.95 bits per heavy atom. The van der Waals surface area contributed by atoms with Gasteiger partial charge in [0.2, 0.25) is 0 Å². The maximum absolute atomic E-state index is 13.6. The molecule has 20 heavy (non-hydrogen) atoms. The molecule has 1 aliphatic rings. The summed E-state index contributed by atoms with van der Waals surface area (Å²) in [5.74, 6) is -1.56. The standard InChI is InChI=1S/C14H12ClFN2O2/c15-10-2-1-8(5-11(10)16)9-7-18-4-3-17-6-12(18)13(9)14(19)20/h1-2,5,7,17H,3-4,6H2,(H,19,20). The van der Waals surface area contributed by atoms with E-state index in [1.165, 1.54) is 12.1 Å². The normalized spacial score (nSPS) is 14.1. The van der Waals surface area contributed by atoms with E-state index in [1.54, 1.807) is 12.3 Å². The summed E-state index contributed by atoms with van der Waals surface area (Å²) in [5, 5.41) is 12.6. The predicted octanol–water partition coefficient (Wildman–Crippen LogP) is 2.75. The fourth-order valence-electron chi connectivity index (χ4n) is 2.51. The van der Waals surface area contributed by atoms with Crippen molar-refractivity contribution in [1.82, 2.24) is 9.88 Å². The Labute approximate surface area is 119 Å². The molecule has 0 fully saturated rings. The number of benzene rings is 1. The minimum Gasteiger partial charge on any atom is -0.478 e. The molecule has 3 rings (SSSR count). The van der Waals surface area contributed by atoms with Crippen LogP contribution in [0.3, 0.4) is 0 Å². The van der Waals surface area contributed by atoms with Crippen molar-refractivity contribution in [2.75, 3.05) is 6.54 Å². The van der Waals surface area contributed by atoms with Crippen LogP contribution in [0.15, 0.2) is 24.4 Å². The number of hydrogen-bond donors (Lipinski definition) is 2. The molecule has 1 aliphatic heterocycles. The third-order valence-electron chi connectivity index (χ3n) is 3.46. The molecule has 0 spiro atoms. The molecule has 0 amide bonds. The zero-order valence-corrected chi connectivity index (χ0v) is 11.2. The van der Waals surface area contributed by atoms with Crippen LogP contribution in [0.5, 0.6) is 0 Å². The summed E-state index contributed by atoms with van der Waals surface area (Å²) in [6.45, 7) is 1.98. The number of nitrogens with zero attached hydrogens (tertiary/aromatic N) is 1. The van der Waals surface area contributed by atoms with Gasteiger partial charge in [-0.2, -0.15) is 0 Å². The van der Waals surface area contributed by atoms with Crippen molar-refractivity contribution in [3.05, 3.63) is 46.5 Å². The molecule has 0 radical (unpaired) electrons. The van der Waals surface area contributed by atoms with Crippen molar-refractivity contribution in [1.29, 1.82) is 0 Å². The molecule has 2 heterocycles. The lowest BCUT2D eigenvalue weighted by molar-refractivity contribution is 0.0696. The van der Waals surface area contributed by atoms with Gasteiger partial charge in [-0.05, 0) is 17.7 Å². The molecule has 1 aromatic heterocycles. The summed E-state index contributed by atoms with van der Waals surface area (Å²) in [5.41, 5.74) is 1.98. The molecule has 0 unspecified atom stereocenters. The summed E-state index contributed by atoms with van der Waals surface area (Å²) in [7, 11) is 0. The largest absolute Gasteiger partial charge is 0.478 e. The van der Waals surface area contributed by atoms with E-state index in [-0.39, 0.29) is 10.6 Å². The molecule has 6 heteroatoms. The first-order valence-electron chi connectivity index (χ1n) is 6.19. The van der Waals surface area contributed by atoms with Crippen LogP contribution >= 0.6 is 11.6 Å². The summed E-state index contributed by atoms with van der Waals surface area (Å²) in [4.78, 5) is 11.5. The highest BCUT2D eigenvalue weighted by Crippen LogP contribution is 2.31. The Bertz CT molecular complexity index is 697. The Balaban J connectivity index is 2.19. The van der Waals surface area contributed by atoms with Crippen molar-refractivity contribution in [3.63, 3.8) is 0 Å². The highest BCUT2D eigenvalue weighted by atomic mass is 35.5. The van der Waals surface area contributed by atoms with Crippen LogP contribution in [0.25, 0.3) is 11.1 Å². The monoisotopic (exact) mass is 294 g/mol. The lowest BCUT2D eigenvalue weighted by Gasteiger charge is -2.16. The minimum atomic E-state index is -1.01. The van der Waals surface area contributed by atoms with E-state index in [1.807, 2.05) is 4.57 Å². The molecule has 4 nitrogen and oxygen atoms in total. The fraction of sp³-hybridized carbons (Fsp3) is 0.214. The average Bonchev–Trinajstić information content (AvgIpc) is 2.81. The summed E-state index contributed by atoms with van der Waals surface area (Å²) < 4.78 is 15.5. The molecule has 0 bridgehead atoms. The molecular formula is C14H12ClFN2O2. The van der Waals surface area contributed by atoms with Gasteiger partial charge in [-0.1, -0.05) is 17.7 Å². The van der Waals surface area contributed by atoms with Crippen LogP contribution in [0, 0.1) is 5.82 Å². The first-order valence-corrected chi connectivity index (χ1v) is 6.57. The van der Waals surface area contributed by atoms with Crippen LogP contribution in [0.4, 0.5) is 4.39 Å². The zero-order chi connectivity index (χ0) is 14.3. The number of nitrogens with one attached hydrogen (secondary N) is 1. The van der Waals surface area contributed by atoms with E-state index in [0.717, 1.165) is 6.54 Å². The molecule has 2 aromatic rings. The first-order chi connectivity index (χ1) is 9.58. The number of carboxylic acid groups (broad SMARTS) is 1. The highest BCUT2D eigenvalue weighted by molar-refractivity contribution is 6.30. The van der Waals surface area contributed by atoms with Crippen LogP contribution in [-0.2, 0) is 13.1 Å². The second-order valence-electron chi connectivity index (χ2n) is 4.67. The van der Waals surface area contributed by atoms with Crippen LogP contribution in [0.2, 0.25) is 5.02 Å². The Hall–Kier alpha value is -1.85. The van der Waals surface area contributed by atoms with Gasteiger partial charge >= 0.3 is 5.97 Å². The fourth-order valence-corrected chi connectivity index (χ4v) is 2.63. The van der Waals surface area contributed by atoms with Crippen molar-refractivity contribution in [3.8, 4) is 11.1 Å². The highest BCUT2D eigenvalue weighted by Gasteiger charge is 2.24. The quantitative estimate of drug-likeness (QED) is 0.895. The predicted molar refractivity (Wildman–Crippen MR) is 73.5 cm³/mol. The van der Waals surface area contributed by atoms with Gasteiger partial charge in [-0.25, -0.2) is 9.18 Å². The second-order valence-corrected chi connectivity index (χ2v) is 5.08. The van der Waals surface area contributed by atoms with Crippen molar-refractivity contribution in [2.24, 2.45) is 0 Å². The number of carbonyl (C=O) groups is 1. The van der Waals surface area contributed by atoms with Crippen molar-refractivity contribution in [2.45, 2.75) is 13.1 Å². The summed E-state index contributed by atoms with van der Waals surface area (Å²) >= 11 is 5.66. The molecule has 0 atom stereocenters. The first kappa shape index (κ1) is 13.1. The van der Waals surface area contributed by atoms with E-state index in [2.05, 4.69) is 5.32 Å². The molecule has 104 valence electrons. The smallest absolute Gasteiger partial charge is 0.338 e. The van der Waals surface area contributed by atoms with E-state index in [0.29, 0.717) is 29.9 Å². The lowest BCUT2D eigenvalue weighted by Crippen LogP contribution is -2.28. The molecule has 0 aliphatic carbocycles. The van der Waals surface area contributed by atoms with E-state index in [4.69, 9.17) is 11.6 Å². The van der Waals surface area contributed by atoms with E-state index >= 15 is 0 Å². The van der Waals surface area contributed by atoms with E-state index in [9.17, 15) is 14.3 Å². The number of hydrogen-bond acceptors (Lipinski definition) is 2. The van der Waals surface area contributed by atoms with Gasteiger partial charge in [0.1, 0.15) is 5.82 Å². The van der Waals surface area contributed by atoms with E-state index < -0.39 is 11.8 Å². The Morgan fingerprint density at radius 2 is 2.25 bits per heavy atom. The third kappa shape index (κ3) is 2.09. The van der Waals surface area contributed by atoms with Gasteiger partial charge in [-0.15, -0.1) is 0 Å². The molecular weight excluding hydrogens is 283 g/mol. The Kier molecular flexibility index (Phi) is 3.23. The topological polar surface area (TPSA) is 54.3 Å². The molecule has 0 saturated heterocycles. The second kappa shape index (κ2) is 4.92.